The van der Waals surface area contributed by atoms with Gasteiger partial charge >= 0.3 is 0 Å². The first-order chi connectivity index (χ1) is 4.72. The molecule has 2 nitrogen and oxygen atoms in total. The summed E-state index contributed by atoms with van der Waals surface area (Å²) < 4.78 is 4.79. The molecule has 0 bridgehead atoms. The number of carbonyl (C=O) groups is 1. The standard InChI is InChI=1S/C8H16O2/c1-4-7(2)8(9)5-6-10-3/h7H,4-6H2,1-3H3. The van der Waals surface area contributed by atoms with Gasteiger partial charge in [-0.05, 0) is 6.42 Å². The van der Waals surface area contributed by atoms with Crippen LogP contribution in [0.15, 0.2) is 0 Å². The number of ketones is 1. The highest BCUT2D eigenvalue weighted by Gasteiger charge is 2.08. The van der Waals surface area contributed by atoms with Gasteiger partial charge in [-0.3, -0.25) is 4.79 Å². The molecule has 2 heteroatoms. The van der Waals surface area contributed by atoms with E-state index in [-0.39, 0.29) is 5.92 Å². The van der Waals surface area contributed by atoms with Gasteiger partial charge in [-0.1, -0.05) is 13.8 Å². The molecule has 0 aliphatic carbocycles. The lowest BCUT2D eigenvalue weighted by Crippen LogP contribution is -2.11. The van der Waals surface area contributed by atoms with Crippen LogP contribution in [0, 0.1) is 5.92 Å². The molecule has 0 N–H and O–H groups in total. The normalized spacial score (nSPS) is 13.1. The van der Waals surface area contributed by atoms with Crippen LogP contribution in [0.2, 0.25) is 0 Å². The first-order valence-electron chi connectivity index (χ1n) is 3.74. The smallest absolute Gasteiger partial charge is 0.137 e. The van der Waals surface area contributed by atoms with E-state index in [0.29, 0.717) is 18.8 Å². The van der Waals surface area contributed by atoms with Crippen LogP contribution in [-0.2, 0) is 9.53 Å². The summed E-state index contributed by atoms with van der Waals surface area (Å²) in [6, 6.07) is 0. The van der Waals surface area contributed by atoms with Crippen LogP contribution in [0.1, 0.15) is 26.7 Å². The first-order valence-corrected chi connectivity index (χ1v) is 3.74. The molecular formula is C8H16O2. The van der Waals surface area contributed by atoms with Gasteiger partial charge in [-0.25, -0.2) is 0 Å². The van der Waals surface area contributed by atoms with E-state index in [4.69, 9.17) is 4.74 Å². The topological polar surface area (TPSA) is 26.3 Å². The van der Waals surface area contributed by atoms with Crippen molar-refractivity contribution < 1.29 is 9.53 Å². The third-order valence-electron chi connectivity index (χ3n) is 1.71. The Morgan fingerprint density at radius 3 is 2.60 bits per heavy atom. The van der Waals surface area contributed by atoms with E-state index in [2.05, 4.69) is 0 Å². The van der Waals surface area contributed by atoms with Crippen LogP contribution >= 0.6 is 0 Å². The molecule has 1 unspecified atom stereocenters. The van der Waals surface area contributed by atoms with Crippen molar-refractivity contribution in [1.82, 2.24) is 0 Å². The zero-order chi connectivity index (χ0) is 7.98. The Morgan fingerprint density at radius 2 is 2.20 bits per heavy atom. The summed E-state index contributed by atoms with van der Waals surface area (Å²) in [5.41, 5.74) is 0. The maximum Gasteiger partial charge on any atom is 0.137 e. The van der Waals surface area contributed by atoms with E-state index in [1.807, 2.05) is 13.8 Å². The van der Waals surface area contributed by atoms with Crippen LogP contribution in [0.25, 0.3) is 0 Å². The van der Waals surface area contributed by atoms with Crippen molar-refractivity contribution in [1.29, 1.82) is 0 Å². The van der Waals surface area contributed by atoms with Crippen molar-refractivity contribution in [3.63, 3.8) is 0 Å². The monoisotopic (exact) mass is 144 g/mol. The summed E-state index contributed by atoms with van der Waals surface area (Å²) in [6.07, 6.45) is 1.49. The SMILES string of the molecule is CCC(C)C(=O)CCOC. The van der Waals surface area contributed by atoms with Crippen LogP contribution in [0.3, 0.4) is 0 Å². The molecule has 0 saturated carbocycles. The number of ether oxygens (including phenoxy) is 1. The average molecular weight is 144 g/mol. The Balaban J connectivity index is 3.42. The summed E-state index contributed by atoms with van der Waals surface area (Å²) in [6.45, 7) is 4.54. The number of methoxy groups -OCH3 is 1. The van der Waals surface area contributed by atoms with Gasteiger partial charge in [-0.15, -0.1) is 0 Å². The molecule has 60 valence electrons. The van der Waals surface area contributed by atoms with Crippen molar-refractivity contribution in [2.45, 2.75) is 26.7 Å². The summed E-state index contributed by atoms with van der Waals surface area (Å²) >= 11 is 0. The third-order valence-corrected chi connectivity index (χ3v) is 1.71. The predicted octanol–water partition coefficient (Wildman–Crippen LogP) is 1.64. The fraction of sp³-hybridized carbons (Fsp3) is 0.875. The molecule has 0 spiro atoms. The van der Waals surface area contributed by atoms with Crippen LogP contribution in [-0.4, -0.2) is 19.5 Å². The lowest BCUT2D eigenvalue weighted by Gasteiger charge is -2.05. The number of carbonyl (C=O) groups excluding carboxylic acids is 1. The Labute approximate surface area is 62.6 Å². The molecular weight excluding hydrogens is 128 g/mol. The molecule has 1 atom stereocenters. The molecule has 0 fully saturated rings. The van der Waals surface area contributed by atoms with Crippen LogP contribution in [0.4, 0.5) is 0 Å². The van der Waals surface area contributed by atoms with E-state index in [0.717, 1.165) is 6.42 Å². The highest BCUT2D eigenvalue weighted by atomic mass is 16.5. The Bertz CT molecular complexity index is 99.4. The van der Waals surface area contributed by atoms with Crippen molar-refractivity contribution in [2.24, 2.45) is 5.92 Å². The van der Waals surface area contributed by atoms with Gasteiger partial charge in [-0.2, -0.15) is 0 Å². The summed E-state index contributed by atoms with van der Waals surface area (Å²) in [5.74, 6) is 0.513. The van der Waals surface area contributed by atoms with Gasteiger partial charge in [0, 0.05) is 19.4 Å². The molecule has 0 heterocycles. The number of hydrogen-bond donors (Lipinski definition) is 0. The van der Waals surface area contributed by atoms with Crippen LogP contribution in [0.5, 0.6) is 0 Å². The van der Waals surface area contributed by atoms with Gasteiger partial charge in [0.1, 0.15) is 5.78 Å². The Morgan fingerprint density at radius 1 is 1.60 bits per heavy atom. The largest absolute Gasteiger partial charge is 0.384 e. The minimum atomic E-state index is 0.204. The molecule has 10 heavy (non-hydrogen) atoms. The van der Waals surface area contributed by atoms with Gasteiger partial charge in [0.05, 0.1) is 6.61 Å². The van der Waals surface area contributed by atoms with Crippen LogP contribution < -0.4 is 0 Å². The maximum atomic E-state index is 11.1. The molecule has 0 aliphatic rings. The van der Waals surface area contributed by atoms with Crippen molar-refractivity contribution >= 4 is 5.78 Å². The molecule has 0 rings (SSSR count). The zero-order valence-electron chi connectivity index (χ0n) is 7.02. The summed E-state index contributed by atoms with van der Waals surface area (Å²) in [5, 5.41) is 0. The zero-order valence-corrected chi connectivity index (χ0v) is 7.02. The lowest BCUT2D eigenvalue weighted by molar-refractivity contribution is -0.123. The van der Waals surface area contributed by atoms with Gasteiger partial charge in [0.2, 0.25) is 0 Å². The highest BCUT2D eigenvalue weighted by molar-refractivity contribution is 5.80. The molecule has 0 aromatic heterocycles. The van der Waals surface area contributed by atoms with E-state index in [9.17, 15) is 4.79 Å². The van der Waals surface area contributed by atoms with Crippen molar-refractivity contribution in [3.05, 3.63) is 0 Å². The quantitative estimate of drug-likeness (QED) is 0.586. The fourth-order valence-corrected chi connectivity index (χ4v) is 0.677. The first kappa shape index (κ1) is 9.63. The number of hydrogen-bond acceptors (Lipinski definition) is 2. The second kappa shape index (κ2) is 5.42. The Kier molecular flexibility index (Phi) is 5.22. The van der Waals surface area contributed by atoms with Gasteiger partial charge in [0.15, 0.2) is 0 Å². The van der Waals surface area contributed by atoms with Crippen molar-refractivity contribution in [2.75, 3.05) is 13.7 Å². The molecule has 0 saturated heterocycles. The lowest BCUT2D eigenvalue weighted by atomic mass is 10.0. The van der Waals surface area contributed by atoms with Gasteiger partial charge < -0.3 is 4.74 Å². The summed E-state index contributed by atoms with van der Waals surface area (Å²) in [4.78, 5) is 11.1. The average Bonchev–Trinajstić information content (AvgIpc) is 1.98. The molecule has 0 aromatic rings. The van der Waals surface area contributed by atoms with E-state index >= 15 is 0 Å². The number of Topliss-reactive ketones (excluding diaryl/α,β-unsaturated/α-hetero) is 1. The highest BCUT2D eigenvalue weighted by Crippen LogP contribution is 2.04. The second-order valence-electron chi connectivity index (χ2n) is 2.52. The van der Waals surface area contributed by atoms with Crippen molar-refractivity contribution in [3.8, 4) is 0 Å². The summed E-state index contributed by atoms with van der Waals surface area (Å²) in [7, 11) is 1.61. The number of rotatable bonds is 5. The maximum absolute atomic E-state index is 11.1. The minimum absolute atomic E-state index is 0.204. The fourth-order valence-electron chi connectivity index (χ4n) is 0.677. The molecule has 0 aromatic carbocycles. The Hall–Kier alpha value is -0.370. The van der Waals surface area contributed by atoms with Gasteiger partial charge in [0.25, 0.3) is 0 Å². The molecule has 0 radical (unpaired) electrons. The van der Waals surface area contributed by atoms with E-state index in [1.165, 1.54) is 0 Å². The van der Waals surface area contributed by atoms with E-state index in [1.54, 1.807) is 7.11 Å². The minimum Gasteiger partial charge on any atom is -0.384 e. The second-order valence-corrected chi connectivity index (χ2v) is 2.52. The predicted molar refractivity (Wildman–Crippen MR) is 41.0 cm³/mol. The molecule has 0 amide bonds. The molecule has 0 aliphatic heterocycles. The van der Waals surface area contributed by atoms with E-state index < -0.39 is 0 Å². The third kappa shape index (κ3) is 3.62.